The molecule has 1 heterocycles. The molecule has 84 valence electrons. The largest absolute Gasteiger partial charge is 0.493 e. The third-order valence-corrected chi connectivity index (χ3v) is 2.87. The first kappa shape index (κ1) is 10.9. The van der Waals surface area contributed by atoms with Crippen molar-refractivity contribution in [2.75, 3.05) is 12.3 Å². The van der Waals surface area contributed by atoms with Crippen LogP contribution in [0.25, 0.3) is 0 Å². The van der Waals surface area contributed by atoms with Crippen LogP contribution in [-0.2, 0) is 6.42 Å². The summed E-state index contributed by atoms with van der Waals surface area (Å²) in [7, 11) is 0. The third-order valence-electron chi connectivity index (χ3n) is 2.06. The van der Waals surface area contributed by atoms with Crippen molar-refractivity contribution in [1.29, 1.82) is 0 Å². The van der Waals surface area contributed by atoms with Crippen LogP contribution in [0.4, 0.5) is 5.13 Å². The molecule has 0 aliphatic carbocycles. The van der Waals surface area contributed by atoms with E-state index in [-0.39, 0.29) is 0 Å². The van der Waals surface area contributed by atoms with E-state index in [1.807, 2.05) is 31.2 Å². The number of aromatic nitrogens is 2. The number of benzene rings is 1. The Bertz CT molecular complexity index is 470. The van der Waals surface area contributed by atoms with Crippen LogP contribution in [0.2, 0.25) is 0 Å². The van der Waals surface area contributed by atoms with Crippen LogP contribution >= 0.6 is 11.3 Å². The van der Waals surface area contributed by atoms with Gasteiger partial charge in [0.25, 0.3) is 0 Å². The fraction of sp³-hybridized carbons (Fsp3) is 0.273. The molecule has 0 unspecified atom stereocenters. The van der Waals surface area contributed by atoms with E-state index in [2.05, 4.69) is 10.2 Å². The van der Waals surface area contributed by atoms with Gasteiger partial charge in [0.15, 0.2) is 0 Å². The number of hydrogen-bond acceptors (Lipinski definition) is 5. The highest BCUT2D eigenvalue weighted by atomic mass is 32.1. The Morgan fingerprint density at radius 2 is 2.25 bits per heavy atom. The van der Waals surface area contributed by atoms with Gasteiger partial charge in [0, 0.05) is 6.42 Å². The molecule has 0 atom stereocenters. The van der Waals surface area contributed by atoms with Gasteiger partial charge in [0.2, 0.25) is 5.13 Å². The molecule has 16 heavy (non-hydrogen) atoms. The highest BCUT2D eigenvalue weighted by Gasteiger charge is 2.01. The number of ether oxygens (including phenoxy) is 1. The van der Waals surface area contributed by atoms with E-state index < -0.39 is 0 Å². The molecule has 0 saturated heterocycles. The van der Waals surface area contributed by atoms with E-state index in [0.717, 1.165) is 17.2 Å². The molecule has 2 N–H and O–H groups in total. The molecule has 0 aliphatic rings. The second-order valence-corrected chi connectivity index (χ2v) is 4.54. The second kappa shape index (κ2) is 4.94. The minimum absolute atomic E-state index is 0.505. The van der Waals surface area contributed by atoms with E-state index in [1.165, 1.54) is 16.9 Å². The van der Waals surface area contributed by atoms with Gasteiger partial charge in [-0.2, -0.15) is 0 Å². The fourth-order valence-electron chi connectivity index (χ4n) is 1.33. The van der Waals surface area contributed by atoms with Crippen LogP contribution in [0.3, 0.4) is 0 Å². The van der Waals surface area contributed by atoms with Crippen molar-refractivity contribution >= 4 is 16.5 Å². The maximum Gasteiger partial charge on any atom is 0.203 e. The second-order valence-electron chi connectivity index (χ2n) is 3.45. The molecule has 1 aromatic heterocycles. The van der Waals surface area contributed by atoms with Crippen LogP contribution < -0.4 is 10.5 Å². The highest BCUT2D eigenvalue weighted by molar-refractivity contribution is 7.15. The predicted octanol–water partition coefficient (Wildman–Crippen LogP) is 2.05. The number of aryl methyl sites for hydroxylation is 1. The van der Waals surface area contributed by atoms with E-state index in [4.69, 9.17) is 10.5 Å². The number of rotatable bonds is 4. The van der Waals surface area contributed by atoms with Gasteiger partial charge >= 0.3 is 0 Å². The SMILES string of the molecule is Cc1cccc(OCCc2nnc(N)s2)c1. The molecule has 0 fully saturated rings. The lowest BCUT2D eigenvalue weighted by Gasteiger charge is -2.04. The lowest BCUT2D eigenvalue weighted by atomic mass is 10.2. The predicted molar refractivity (Wildman–Crippen MR) is 64.7 cm³/mol. The van der Waals surface area contributed by atoms with Gasteiger partial charge in [-0.05, 0) is 24.6 Å². The standard InChI is InChI=1S/C11H13N3OS/c1-8-3-2-4-9(7-8)15-6-5-10-13-14-11(12)16-10/h2-4,7H,5-6H2,1H3,(H2,12,14). The molecular weight excluding hydrogens is 222 g/mol. The zero-order valence-electron chi connectivity index (χ0n) is 9.01. The fourth-order valence-corrected chi connectivity index (χ4v) is 1.92. The normalized spacial score (nSPS) is 10.3. The molecule has 2 rings (SSSR count). The van der Waals surface area contributed by atoms with Gasteiger partial charge in [-0.3, -0.25) is 0 Å². The molecule has 1 aromatic carbocycles. The first-order chi connectivity index (χ1) is 7.74. The number of nitrogen functional groups attached to an aromatic ring is 1. The Kier molecular flexibility index (Phi) is 3.36. The number of hydrogen-bond donors (Lipinski definition) is 1. The summed E-state index contributed by atoms with van der Waals surface area (Å²) in [5.41, 5.74) is 6.68. The van der Waals surface area contributed by atoms with Gasteiger partial charge in [0.05, 0.1) is 6.61 Å². The van der Waals surface area contributed by atoms with Crippen molar-refractivity contribution in [3.63, 3.8) is 0 Å². The maximum absolute atomic E-state index is 5.60. The van der Waals surface area contributed by atoms with Crippen molar-refractivity contribution < 1.29 is 4.74 Å². The minimum atomic E-state index is 0.505. The average Bonchev–Trinajstić information content (AvgIpc) is 2.64. The van der Waals surface area contributed by atoms with Gasteiger partial charge in [-0.1, -0.05) is 23.5 Å². The van der Waals surface area contributed by atoms with Gasteiger partial charge in [0.1, 0.15) is 10.8 Å². The topological polar surface area (TPSA) is 61.0 Å². The minimum Gasteiger partial charge on any atom is -0.493 e. The monoisotopic (exact) mass is 235 g/mol. The Morgan fingerprint density at radius 1 is 1.38 bits per heavy atom. The zero-order valence-corrected chi connectivity index (χ0v) is 9.83. The van der Waals surface area contributed by atoms with Gasteiger partial charge in [-0.25, -0.2) is 0 Å². The first-order valence-corrected chi connectivity index (χ1v) is 5.83. The smallest absolute Gasteiger partial charge is 0.203 e. The summed E-state index contributed by atoms with van der Waals surface area (Å²) in [6.45, 7) is 2.64. The lowest BCUT2D eigenvalue weighted by Crippen LogP contribution is -2.01. The maximum atomic E-state index is 5.60. The highest BCUT2D eigenvalue weighted by Crippen LogP contribution is 2.14. The van der Waals surface area contributed by atoms with Crippen LogP contribution in [0, 0.1) is 6.92 Å². The van der Waals surface area contributed by atoms with Crippen LogP contribution in [0.5, 0.6) is 5.75 Å². The van der Waals surface area contributed by atoms with E-state index >= 15 is 0 Å². The zero-order chi connectivity index (χ0) is 11.4. The number of anilines is 1. The molecule has 2 aromatic rings. The molecule has 0 bridgehead atoms. The van der Waals surface area contributed by atoms with Gasteiger partial charge in [-0.15, -0.1) is 10.2 Å². The molecule has 5 heteroatoms. The summed E-state index contributed by atoms with van der Waals surface area (Å²) in [4.78, 5) is 0. The van der Waals surface area contributed by atoms with Crippen LogP contribution in [0.15, 0.2) is 24.3 Å². The van der Waals surface area contributed by atoms with Crippen molar-refractivity contribution in [3.8, 4) is 5.75 Å². The summed E-state index contributed by atoms with van der Waals surface area (Å²) < 4.78 is 5.60. The molecule has 0 amide bonds. The quantitative estimate of drug-likeness (QED) is 0.881. The summed E-state index contributed by atoms with van der Waals surface area (Å²) in [6, 6.07) is 7.97. The van der Waals surface area contributed by atoms with E-state index in [9.17, 15) is 0 Å². The summed E-state index contributed by atoms with van der Waals surface area (Å²) in [5, 5.41) is 9.09. The first-order valence-electron chi connectivity index (χ1n) is 5.01. The molecule has 0 aliphatic heterocycles. The molecule has 0 radical (unpaired) electrons. The van der Waals surface area contributed by atoms with Crippen molar-refractivity contribution in [3.05, 3.63) is 34.8 Å². The van der Waals surface area contributed by atoms with E-state index in [1.54, 1.807) is 0 Å². The van der Waals surface area contributed by atoms with Crippen LogP contribution in [-0.4, -0.2) is 16.8 Å². The number of nitrogens with two attached hydrogens (primary N) is 1. The Balaban J connectivity index is 1.84. The average molecular weight is 235 g/mol. The Morgan fingerprint density at radius 3 is 2.94 bits per heavy atom. The summed E-state index contributed by atoms with van der Waals surface area (Å²) in [5.74, 6) is 0.887. The van der Waals surface area contributed by atoms with Crippen molar-refractivity contribution in [2.24, 2.45) is 0 Å². The molecule has 4 nitrogen and oxygen atoms in total. The number of nitrogens with zero attached hydrogens (tertiary/aromatic N) is 2. The summed E-state index contributed by atoms with van der Waals surface area (Å²) in [6.07, 6.45) is 0.739. The molecule has 0 spiro atoms. The Labute approximate surface area is 98.1 Å². The summed E-state index contributed by atoms with van der Waals surface area (Å²) >= 11 is 1.40. The van der Waals surface area contributed by atoms with Crippen molar-refractivity contribution in [1.82, 2.24) is 10.2 Å². The third kappa shape index (κ3) is 2.93. The van der Waals surface area contributed by atoms with Crippen LogP contribution in [0.1, 0.15) is 10.6 Å². The molecular formula is C11H13N3OS. The Hall–Kier alpha value is -1.62. The molecule has 0 saturated carbocycles. The van der Waals surface area contributed by atoms with E-state index in [0.29, 0.717) is 11.7 Å². The van der Waals surface area contributed by atoms with Crippen molar-refractivity contribution in [2.45, 2.75) is 13.3 Å². The lowest BCUT2D eigenvalue weighted by molar-refractivity contribution is 0.321. The van der Waals surface area contributed by atoms with Gasteiger partial charge < -0.3 is 10.5 Å².